The summed E-state index contributed by atoms with van der Waals surface area (Å²) in [6, 6.07) is 2.86. The van der Waals surface area contributed by atoms with Crippen molar-refractivity contribution in [1.29, 1.82) is 0 Å². The Labute approximate surface area is 68.5 Å². The SMILES string of the molecule is C/C(=N/N)c1ccc(C(=O)O)o1. The normalized spacial score (nSPS) is 11.6. The number of carboxylic acids is 1. The lowest BCUT2D eigenvalue weighted by Crippen LogP contribution is -1.97. The summed E-state index contributed by atoms with van der Waals surface area (Å²) in [7, 11) is 0. The molecule has 0 radical (unpaired) electrons. The Morgan fingerprint density at radius 2 is 2.17 bits per heavy atom. The predicted molar refractivity (Wildman–Crippen MR) is 42.1 cm³/mol. The van der Waals surface area contributed by atoms with Crippen molar-refractivity contribution < 1.29 is 14.3 Å². The van der Waals surface area contributed by atoms with Gasteiger partial charge >= 0.3 is 5.97 Å². The summed E-state index contributed by atoms with van der Waals surface area (Å²) in [5.41, 5.74) is 0.461. The first kappa shape index (κ1) is 8.32. The second-order valence-corrected chi connectivity index (χ2v) is 2.18. The molecule has 0 spiro atoms. The highest BCUT2D eigenvalue weighted by molar-refractivity contribution is 5.97. The van der Waals surface area contributed by atoms with E-state index in [2.05, 4.69) is 5.10 Å². The standard InChI is InChI=1S/C7H8N2O3/c1-4(9-8)5-2-3-6(12-5)7(10)11/h2-3H,8H2,1H3,(H,10,11)/b9-4-. The third kappa shape index (κ3) is 1.45. The van der Waals surface area contributed by atoms with Crippen molar-refractivity contribution >= 4 is 11.7 Å². The quantitative estimate of drug-likeness (QED) is 0.385. The van der Waals surface area contributed by atoms with E-state index in [0.717, 1.165) is 0 Å². The van der Waals surface area contributed by atoms with Gasteiger partial charge in [0.05, 0.1) is 5.71 Å². The molecule has 5 heteroatoms. The van der Waals surface area contributed by atoms with Gasteiger partial charge in [0.2, 0.25) is 5.76 Å². The van der Waals surface area contributed by atoms with Gasteiger partial charge < -0.3 is 15.4 Å². The van der Waals surface area contributed by atoms with Gasteiger partial charge in [-0.25, -0.2) is 4.79 Å². The van der Waals surface area contributed by atoms with E-state index in [-0.39, 0.29) is 5.76 Å². The van der Waals surface area contributed by atoms with Crippen molar-refractivity contribution in [1.82, 2.24) is 0 Å². The lowest BCUT2D eigenvalue weighted by molar-refractivity contribution is 0.0662. The molecule has 0 bridgehead atoms. The molecule has 0 atom stereocenters. The molecule has 0 unspecified atom stereocenters. The van der Waals surface area contributed by atoms with Crippen molar-refractivity contribution in [2.45, 2.75) is 6.92 Å². The first-order valence-corrected chi connectivity index (χ1v) is 3.23. The number of furan rings is 1. The largest absolute Gasteiger partial charge is 0.475 e. The molecule has 0 amide bonds. The predicted octanol–water partition coefficient (Wildman–Crippen LogP) is 0.661. The molecule has 0 saturated heterocycles. The molecular weight excluding hydrogens is 160 g/mol. The zero-order valence-corrected chi connectivity index (χ0v) is 6.44. The Kier molecular flexibility index (Phi) is 2.14. The van der Waals surface area contributed by atoms with E-state index in [0.29, 0.717) is 11.5 Å². The second-order valence-electron chi connectivity index (χ2n) is 2.18. The Balaban J connectivity index is 2.99. The number of hydrazone groups is 1. The number of rotatable bonds is 2. The zero-order chi connectivity index (χ0) is 9.14. The highest BCUT2D eigenvalue weighted by Crippen LogP contribution is 2.08. The maximum absolute atomic E-state index is 10.4. The monoisotopic (exact) mass is 168 g/mol. The third-order valence-electron chi connectivity index (χ3n) is 1.37. The summed E-state index contributed by atoms with van der Waals surface area (Å²) in [4.78, 5) is 10.4. The molecule has 12 heavy (non-hydrogen) atoms. The van der Waals surface area contributed by atoms with Crippen molar-refractivity contribution in [2.75, 3.05) is 0 Å². The van der Waals surface area contributed by atoms with Gasteiger partial charge in [-0.15, -0.1) is 0 Å². The van der Waals surface area contributed by atoms with Gasteiger partial charge in [0, 0.05) is 0 Å². The molecule has 1 heterocycles. The van der Waals surface area contributed by atoms with E-state index in [1.54, 1.807) is 6.92 Å². The van der Waals surface area contributed by atoms with Crippen LogP contribution in [0.15, 0.2) is 21.7 Å². The average Bonchev–Trinajstić information content (AvgIpc) is 2.51. The van der Waals surface area contributed by atoms with Gasteiger partial charge in [-0.05, 0) is 19.1 Å². The van der Waals surface area contributed by atoms with Crippen LogP contribution in [0, 0.1) is 0 Å². The van der Waals surface area contributed by atoms with E-state index in [4.69, 9.17) is 15.4 Å². The molecule has 1 aromatic heterocycles. The average molecular weight is 168 g/mol. The Morgan fingerprint density at radius 1 is 1.58 bits per heavy atom. The maximum atomic E-state index is 10.4. The minimum absolute atomic E-state index is 0.118. The fourth-order valence-corrected chi connectivity index (χ4v) is 0.711. The van der Waals surface area contributed by atoms with Gasteiger partial charge in [-0.1, -0.05) is 0 Å². The van der Waals surface area contributed by atoms with Crippen LogP contribution in [-0.2, 0) is 0 Å². The summed E-state index contributed by atoms with van der Waals surface area (Å²) in [5.74, 6) is 4.12. The summed E-state index contributed by atoms with van der Waals surface area (Å²) in [5, 5.41) is 11.8. The van der Waals surface area contributed by atoms with Crippen molar-refractivity contribution in [3.63, 3.8) is 0 Å². The molecule has 0 aliphatic heterocycles. The second kappa shape index (κ2) is 3.08. The van der Waals surface area contributed by atoms with Crippen LogP contribution in [0.5, 0.6) is 0 Å². The van der Waals surface area contributed by atoms with E-state index >= 15 is 0 Å². The summed E-state index contributed by atoms with van der Waals surface area (Å²) < 4.78 is 4.89. The molecule has 0 aromatic carbocycles. The van der Waals surface area contributed by atoms with Crippen LogP contribution >= 0.6 is 0 Å². The Bertz CT molecular complexity index is 327. The molecule has 0 aliphatic carbocycles. The maximum Gasteiger partial charge on any atom is 0.371 e. The molecule has 64 valence electrons. The smallest absolute Gasteiger partial charge is 0.371 e. The van der Waals surface area contributed by atoms with E-state index < -0.39 is 5.97 Å². The van der Waals surface area contributed by atoms with Crippen molar-refractivity contribution in [3.05, 3.63) is 23.7 Å². The molecule has 1 rings (SSSR count). The lowest BCUT2D eigenvalue weighted by Gasteiger charge is -1.90. The van der Waals surface area contributed by atoms with E-state index in [1.807, 2.05) is 0 Å². The number of nitrogens with two attached hydrogens (primary N) is 1. The van der Waals surface area contributed by atoms with Crippen LogP contribution in [-0.4, -0.2) is 16.8 Å². The fraction of sp³-hybridized carbons (Fsp3) is 0.143. The Morgan fingerprint density at radius 3 is 2.58 bits per heavy atom. The number of carboxylic acid groups (broad SMARTS) is 1. The zero-order valence-electron chi connectivity index (χ0n) is 6.44. The minimum Gasteiger partial charge on any atom is -0.475 e. The minimum atomic E-state index is -1.11. The van der Waals surface area contributed by atoms with Crippen LogP contribution < -0.4 is 5.84 Å². The van der Waals surface area contributed by atoms with Gasteiger partial charge in [-0.3, -0.25) is 0 Å². The van der Waals surface area contributed by atoms with Crippen LogP contribution in [0.2, 0.25) is 0 Å². The Hall–Kier alpha value is -1.78. The number of hydrogen-bond acceptors (Lipinski definition) is 4. The fourth-order valence-electron chi connectivity index (χ4n) is 0.711. The molecule has 0 saturated carbocycles. The molecule has 5 nitrogen and oxygen atoms in total. The van der Waals surface area contributed by atoms with Crippen molar-refractivity contribution in [3.8, 4) is 0 Å². The third-order valence-corrected chi connectivity index (χ3v) is 1.37. The van der Waals surface area contributed by atoms with Gasteiger partial charge in [0.25, 0.3) is 0 Å². The van der Waals surface area contributed by atoms with E-state index in [1.165, 1.54) is 12.1 Å². The van der Waals surface area contributed by atoms with Gasteiger partial charge in [0.15, 0.2) is 5.76 Å². The number of nitrogens with zero attached hydrogens (tertiary/aromatic N) is 1. The lowest BCUT2D eigenvalue weighted by atomic mass is 10.3. The number of carbonyl (C=O) groups is 1. The first-order chi connectivity index (χ1) is 5.65. The molecule has 1 aromatic rings. The van der Waals surface area contributed by atoms with Gasteiger partial charge in [-0.2, -0.15) is 5.10 Å². The van der Waals surface area contributed by atoms with E-state index in [9.17, 15) is 4.79 Å². The van der Waals surface area contributed by atoms with Crippen LogP contribution in [0.4, 0.5) is 0 Å². The number of aromatic carboxylic acids is 1. The first-order valence-electron chi connectivity index (χ1n) is 3.23. The van der Waals surface area contributed by atoms with Gasteiger partial charge in [0.1, 0.15) is 0 Å². The molecule has 0 fully saturated rings. The molecule has 3 N–H and O–H groups in total. The highest BCUT2D eigenvalue weighted by Gasteiger charge is 2.09. The number of hydrogen-bond donors (Lipinski definition) is 2. The highest BCUT2D eigenvalue weighted by atomic mass is 16.4. The summed E-state index contributed by atoms with van der Waals surface area (Å²) >= 11 is 0. The summed E-state index contributed by atoms with van der Waals surface area (Å²) in [6.07, 6.45) is 0. The molecular formula is C7H8N2O3. The van der Waals surface area contributed by atoms with Crippen LogP contribution in [0.1, 0.15) is 23.2 Å². The topological polar surface area (TPSA) is 88.8 Å². The molecule has 0 aliphatic rings. The summed E-state index contributed by atoms with van der Waals surface area (Å²) in [6.45, 7) is 1.63. The van der Waals surface area contributed by atoms with Crippen LogP contribution in [0.25, 0.3) is 0 Å². The van der Waals surface area contributed by atoms with Crippen molar-refractivity contribution in [2.24, 2.45) is 10.9 Å². The van der Waals surface area contributed by atoms with Crippen LogP contribution in [0.3, 0.4) is 0 Å².